The van der Waals surface area contributed by atoms with Gasteiger partial charge < -0.3 is 0 Å². The van der Waals surface area contributed by atoms with Crippen molar-refractivity contribution in [1.29, 1.82) is 0 Å². The molecular formula is C9H17O. The molecule has 0 aromatic carbocycles. The topological polar surface area (TPSA) is 19.9 Å². The highest BCUT2D eigenvalue weighted by molar-refractivity contribution is 4.80. The molecule has 0 heterocycles. The normalized spacial score (nSPS) is 24.6. The third-order valence-electron chi connectivity index (χ3n) is 2.97. The van der Waals surface area contributed by atoms with Crippen molar-refractivity contribution in [3.63, 3.8) is 0 Å². The summed E-state index contributed by atoms with van der Waals surface area (Å²) in [6, 6.07) is 0. The molecule has 1 aliphatic carbocycles. The van der Waals surface area contributed by atoms with Crippen molar-refractivity contribution in [3.8, 4) is 0 Å². The van der Waals surface area contributed by atoms with Gasteiger partial charge in [0.1, 0.15) is 0 Å². The Balaban J connectivity index is 2.44. The minimum atomic E-state index is 0.156. The molecule has 1 rings (SSSR count). The van der Waals surface area contributed by atoms with Crippen molar-refractivity contribution in [2.45, 2.75) is 45.4 Å². The van der Waals surface area contributed by atoms with E-state index in [-0.39, 0.29) is 12.0 Å². The number of rotatable bonds is 2. The Kier molecular flexibility index (Phi) is 2.72. The average Bonchev–Trinajstić information content (AvgIpc) is 2.06. The van der Waals surface area contributed by atoms with Crippen LogP contribution in [0.1, 0.15) is 45.4 Å². The minimum absolute atomic E-state index is 0.156. The monoisotopic (exact) mass is 141 g/mol. The van der Waals surface area contributed by atoms with Crippen LogP contribution in [0.4, 0.5) is 0 Å². The molecule has 0 unspecified atom stereocenters. The van der Waals surface area contributed by atoms with Crippen LogP contribution < -0.4 is 0 Å². The van der Waals surface area contributed by atoms with Crippen LogP contribution in [0.5, 0.6) is 0 Å². The Morgan fingerprint density at radius 1 is 1.20 bits per heavy atom. The fraction of sp³-hybridized carbons (Fsp3) is 1.00. The van der Waals surface area contributed by atoms with E-state index in [1.807, 2.05) is 0 Å². The largest absolute Gasteiger partial charge is 0.236 e. The minimum Gasteiger partial charge on any atom is -0.236 e. The second-order valence-corrected chi connectivity index (χ2v) is 3.56. The van der Waals surface area contributed by atoms with Gasteiger partial charge in [0.25, 0.3) is 0 Å². The highest BCUT2D eigenvalue weighted by atomic mass is 16.3. The zero-order chi connectivity index (χ0) is 7.45. The molecule has 0 amide bonds. The van der Waals surface area contributed by atoms with Crippen LogP contribution in [0.2, 0.25) is 0 Å². The molecule has 1 nitrogen and oxygen atoms in total. The maximum absolute atomic E-state index is 10.8. The summed E-state index contributed by atoms with van der Waals surface area (Å²) in [7, 11) is 0. The van der Waals surface area contributed by atoms with Gasteiger partial charge in [0.05, 0.1) is 6.61 Å². The van der Waals surface area contributed by atoms with Crippen molar-refractivity contribution in [3.05, 3.63) is 0 Å². The highest BCUT2D eigenvalue weighted by Gasteiger charge is 2.29. The Bertz CT molecular complexity index is 86.9. The zero-order valence-corrected chi connectivity index (χ0v) is 6.86. The van der Waals surface area contributed by atoms with Crippen molar-refractivity contribution in [2.75, 3.05) is 6.61 Å². The molecule has 0 aliphatic heterocycles. The lowest BCUT2D eigenvalue weighted by molar-refractivity contribution is 0.0349. The van der Waals surface area contributed by atoms with Gasteiger partial charge in [0.2, 0.25) is 0 Å². The first-order valence-corrected chi connectivity index (χ1v) is 4.41. The highest BCUT2D eigenvalue weighted by Crippen LogP contribution is 2.38. The van der Waals surface area contributed by atoms with Crippen LogP contribution in [0.25, 0.3) is 0 Å². The van der Waals surface area contributed by atoms with Gasteiger partial charge in [-0.1, -0.05) is 26.2 Å². The standard InChI is InChI=1S/C9H17O/c1-2-9(8-10)6-4-3-5-7-9/h2-8H2,1H3. The quantitative estimate of drug-likeness (QED) is 0.563. The van der Waals surface area contributed by atoms with E-state index in [9.17, 15) is 5.11 Å². The Morgan fingerprint density at radius 2 is 1.80 bits per heavy atom. The lowest BCUT2D eigenvalue weighted by atomic mass is 9.73. The van der Waals surface area contributed by atoms with Crippen LogP contribution in [0.3, 0.4) is 0 Å². The molecule has 0 aromatic rings. The van der Waals surface area contributed by atoms with Crippen LogP contribution in [-0.2, 0) is 5.11 Å². The zero-order valence-electron chi connectivity index (χ0n) is 6.86. The van der Waals surface area contributed by atoms with Crippen LogP contribution >= 0.6 is 0 Å². The maximum Gasteiger partial charge on any atom is 0.0878 e. The Morgan fingerprint density at radius 3 is 2.10 bits per heavy atom. The van der Waals surface area contributed by atoms with E-state index in [2.05, 4.69) is 6.92 Å². The molecule has 0 N–H and O–H groups in total. The van der Waals surface area contributed by atoms with Crippen LogP contribution in [0, 0.1) is 5.41 Å². The molecule has 0 saturated heterocycles. The fourth-order valence-corrected chi connectivity index (χ4v) is 1.90. The Hall–Kier alpha value is -0.0400. The summed E-state index contributed by atoms with van der Waals surface area (Å²) in [6.45, 7) is 2.31. The molecule has 1 aliphatic rings. The van der Waals surface area contributed by atoms with Gasteiger partial charge in [-0.05, 0) is 24.7 Å². The van der Waals surface area contributed by atoms with Gasteiger partial charge in [-0.15, -0.1) is 0 Å². The van der Waals surface area contributed by atoms with Crippen molar-refractivity contribution in [1.82, 2.24) is 0 Å². The number of hydrogen-bond donors (Lipinski definition) is 0. The van der Waals surface area contributed by atoms with Crippen molar-refractivity contribution < 1.29 is 5.11 Å². The maximum atomic E-state index is 10.8. The van der Waals surface area contributed by atoms with E-state index in [1.54, 1.807) is 0 Å². The van der Waals surface area contributed by atoms with Gasteiger partial charge in [-0.25, -0.2) is 5.11 Å². The Labute approximate surface area is 63.4 Å². The summed E-state index contributed by atoms with van der Waals surface area (Å²) in [4.78, 5) is 0. The van der Waals surface area contributed by atoms with E-state index in [1.165, 1.54) is 32.1 Å². The molecule has 59 valence electrons. The average molecular weight is 141 g/mol. The molecule has 0 atom stereocenters. The molecular weight excluding hydrogens is 124 g/mol. The smallest absolute Gasteiger partial charge is 0.0878 e. The molecule has 1 heteroatoms. The molecule has 1 saturated carbocycles. The summed E-state index contributed by atoms with van der Waals surface area (Å²) in [5.74, 6) is 0. The van der Waals surface area contributed by atoms with Gasteiger partial charge in [0, 0.05) is 0 Å². The van der Waals surface area contributed by atoms with Crippen molar-refractivity contribution in [2.24, 2.45) is 5.41 Å². The van der Waals surface area contributed by atoms with Crippen LogP contribution in [-0.4, -0.2) is 6.61 Å². The van der Waals surface area contributed by atoms with E-state index < -0.39 is 0 Å². The first-order valence-electron chi connectivity index (χ1n) is 4.41. The van der Waals surface area contributed by atoms with Gasteiger partial charge >= 0.3 is 0 Å². The molecule has 1 fully saturated rings. The fourth-order valence-electron chi connectivity index (χ4n) is 1.90. The predicted octanol–water partition coefficient (Wildman–Crippen LogP) is 2.78. The lowest BCUT2D eigenvalue weighted by Gasteiger charge is -2.33. The van der Waals surface area contributed by atoms with Crippen LogP contribution in [0.15, 0.2) is 0 Å². The first kappa shape index (κ1) is 8.06. The van der Waals surface area contributed by atoms with Gasteiger partial charge in [-0.3, -0.25) is 0 Å². The summed E-state index contributed by atoms with van der Waals surface area (Å²) in [5, 5.41) is 10.8. The summed E-state index contributed by atoms with van der Waals surface area (Å²) in [6.07, 6.45) is 7.39. The lowest BCUT2D eigenvalue weighted by Crippen LogP contribution is -2.26. The summed E-state index contributed by atoms with van der Waals surface area (Å²) >= 11 is 0. The molecule has 1 radical (unpaired) electrons. The summed E-state index contributed by atoms with van der Waals surface area (Å²) < 4.78 is 0. The summed E-state index contributed by atoms with van der Waals surface area (Å²) in [5.41, 5.74) is 0.207. The van der Waals surface area contributed by atoms with Gasteiger partial charge in [0.15, 0.2) is 0 Å². The third kappa shape index (κ3) is 1.51. The van der Waals surface area contributed by atoms with E-state index in [0.717, 1.165) is 6.42 Å². The van der Waals surface area contributed by atoms with E-state index in [0.29, 0.717) is 0 Å². The van der Waals surface area contributed by atoms with Gasteiger partial charge in [-0.2, -0.15) is 0 Å². The number of hydrogen-bond acceptors (Lipinski definition) is 0. The third-order valence-corrected chi connectivity index (χ3v) is 2.97. The molecule has 0 bridgehead atoms. The molecule has 0 aromatic heterocycles. The SMILES string of the molecule is CCC1(C[O])CCCCC1. The second-order valence-electron chi connectivity index (χ2n) is 3.56. The molecule has 0 spiro atoms. The molecule has 10 heavy (non-hydrogen) atoms. The van der Waals surface area contributed by atoms with E-state index in [4.69, 9.17) is 0 Å². The van der Waals surface area contributed by atoms with E-state index >= 15 is 0 Å². The predicted molar refractivity (Wildman–Crippen MR) is 41.4 cm³/mol. The second kappa shape index (κ2) is 3.38. The van der Waals surface area contributed by atoms with Crippen molar-refractivity contribution >= 4 is 0 Å². The first-order chi connectivity index (χ1) is 4.83.